The number of ether oxygens (including phenoxy) is 2. The normalized spacial score (nSPS) is 15.5. The largest absolute Gasteiger partial charge is 0.497 e. The molecule has 0 fully saturated rings. The van der Waals surface area contributed by atoms with E-state index < -0.39 is 27.4 Å². The van der Waals surface area contributed by atoms with E-state index in [1.165, 1.54) is 20.7 Å². The molecule has 7 rings (SSSR count). The Balaban J connectivity index is 1.26. The summed E-state index contributed by atoms with van der Waals surface area (Å²) in [6.45, 7) is 18.6. The maximum absolute atomic E-state index is 14.7. The molecule has 0 aliphatic carbocycles. The average Bonchev–Trinajstić information content (AvgIpc) is 3.32. The zero-order valence-corrected chi connectivity index (χ0v) is 42.3. The summed E-state index contributed by atoms with van der Waals surface area (Å²) in [6.07, 6.45) is 1.99. The van der Waals surface area contributed by atoms with Crippen LogP contribution in [0.4, 0.5) is 0 Å². The fraction of sp³-hybridized carbons (Fsp3) is 0.333. The first-order valence-corrected chi connectivity index (χ1v) is 28.2. The van der Waals surface area contributed by atoms with Crippen LogP contribution in [0.1, 0.15) is 71.9 Å². The van der Waals surface area contributed by atoms with E-state index in [4.69, 9.17) is 18.3 Å². The molecule has 8 heteroatoms. The lowest BCUT2D eigenvalue weighted by Crippen LogP contribution is -2.67. The van der Waals surface area contributed by atoms with Gasteiger partial charge < -0.3 is 18.3 Å². The molecule has 0 aromatic heterocycles. The molecule has 340 valence electrons. The molecule has 0 bridgehead atoms. The van der Waals surface area contributed by atoms with Gasteiger partial charge in [-0.2, -0.15) is 0 Å². The van der Waals surface area contributed by atoms with Crippen molar-refractivity contribution in [2.24, 2.45) is 11.8 Å². The van der Waals surface area contributed by atoms with Crippen molar-refractivity contribution >= 4 is 48.2 Å². The molecular weight excluding hydrogens is 853 g/mol. The van der Waals surface area contributed by atoms with Crippen molar-refractivity contribution in [1.29, 1.82) is 0 Å². The molecule has 0 saturated carbocycles. The third-order valence-electron chi connectivity index (χ3n) is 12.9. The lowest BCUT2D eigenvalue weighted by atomic mass is 10.0. The fourth-order valence-corrected chi connectivity index (χ4v) is 20.2. The molecule has 0 radical (unpaired) electrons. The van der Waals surface area contributed by atoms with Crippen LogP contribution in [0.25, 0.3) is 0 Å². The highest BCUT2D eigenvalue weighted by atomic mass is 32.2. The second-order valence-corrected chi connectivity index (χ2v) is 29.8. The molecule has 6 aromatic carbocycles. The van der Waals surface area contributed by atoms with Crippen LogP contribution in [0.3, 0.4) is 0 Å². The van der Waals surface area contributed by atoms with E-state index in [9.17, 15) is 4.21 Å². The van der Waals surface area contributed by atoms with Gasteiger partial charge in [0.25, 0.3) is 16.6 Å². The molecule has 1 aliphatic rings. The molecule has 6 aromatic rings. The Kier molecular flexibility index (Phi) is 16.1. The van der Waals surface area contributed by atoms with Crippen molar-refractivity contribution in [3.63, 3.8) is 0 Å². The van der Waals surface area contributed by atoms with Gasteiger partial charge in [0.2, 0.25) is 0 Å². The van der Waals surface area contributed by atoms with E-state index >= 15 is 0 Å². The van der Waals surface area contributed by atoms with Crippen molar-refractivity contribution in [2.75, 3.05) is 26.4 Å². The summed E-state index contributed by atoms with van der Waals surface area (Å²) in [6, 6.07) is 61.8. The molecule has 5 nitrogen and oxygen atoms in total. The zero-order chi connectivity index (χ0) is 45.9. The maximum atomic E-state index is 14.7. The Morgan fingerprint density at radius 2 is 1.02 bits per heavy atom. The maximum Gasteiger partial charge on any atom is 0.261 e. The first-order valence-electron chi connectivity index (χ1n) is 23.3. The van der Waals surface area contributed by atoms with E-state index in [0.717, 1.165) is 33.1 Å². The number of benzene rings is 6. The Morgan fingerprint density at radius 1 is 0.600 bits per heavy atom. The monoisotopic (exact) mass is 920 g/mol. The molecule has 0 spiro atoms. The molecule has 1 aliphatic heterocycles. The van der Waals surface area contributed by atoms with Gasteiger partial charge in [-0.15, -0.1) is 0 Å². The summed E-state index contributed by atoms with van der Waals surface area (Å²) in [5.41, 5.74) is 2.27. The SMILES string of the molecule is Cc1ccc([S@](=O)C2=C(CCC(CO[Si](c3ccccc3)(c3ccccc3)C(C)(C)C)CO[Si](c3ccccc3)(c3ccccc3)C(C)(C)C)OC[C@@H](COCc3ccccc3)C2)cc1. The topological polar surface area (TPSA) is 54.0 Å². The molecule has 0 saturated heterocycles. The first-order chi connectivity index (χ1) is 31.3. The number of hydrogen-bond acceptors (Lipinski definition) is 5. The molecular formula is C57H68O5SSi2. The van der Waals surface area contributed by atoms with Crippen molar-refractivity contribution in [3.8, 4) is 0 Å². The summed E-state index contributed by atoms with van der Waals surface area (Å²) in [4.78, 5) is 1.65. The van der Waals surface area contributed by atoms with Crippen LogP contribution < -0.4 is 20.7 Å². The van der Waals surface area contributed by atoms with Crippen molar-refractivity contribution in [1.82, 2.24) is 0 Å². The van der Waals surface area contributed by atoms with E-state index in [1.54, 1.807) is 0 Å². The minimum atomic E-state index is -2.90. The average molecular weight is 921 g/mol. The Bertz CT molecular complexity index is 2250. The van der Waals surface area contributed by atoms with Crippen LogP contribution in [0, 0.1) is 18.8 Å². The van der Waals surface area contributed by atoms with Crippen LogP contribution in [-0.4, -0.2) is 47.3 Å². The highest BCUT2D eigenvalue weighted by Gasteiger charge is 2.52. The molecule has 0 amide bonds. The van der Waals surface area contributed by atoms with Crippen LogP contribution >= 0.6 is 0 Å². The fourth-order valence-electron chi connectivity index (χ4n) is 9.51. The second kappa shape index (κ2) is 21.7. The van der Waals surface area contributed by atoms with Gasteiger partial charge in [0.15, 0.2) is 0 Å². The van der Waals surface area contributed by atoms with Gasteiger partial charge >= 0.3 is 0 Å². The predicted molar refractivity (Wildman–Crippen MR) is 275 cm³/mol. The summed E-state index contributed by atoms with van der Waals surface area (Å²) in [7, 11) is -7.19. The van der Waals surface area contributed by atoms with Crippen LogP contribution in [0.2, 0.25) is 10.1 Å². The summed E-state index contributed by atoms with van der Waals surface area (Å²) in [5.74, 6) is 0.888. The third kappa shape index (κ3) is 11.3. The quantitative estimate of drug-likeness (QED) is 0.0758. The number of hydrogen-bond donors (Lipinski definition) is 0. The standard InChI is InChI=1S/C57H68O5SSi2/c1-45-33-36-49(37-34-45)63(58)55-39-48(41-59-40-46-23-13-8-14-24-46)42-60-54(55)38-35-47(43-61-64(56(2,3)4,50-25-15-9-16-26-50)51-27-17-10-18-28-51)44-62-65(57(5,6)7,52-29-19-11-20-30-52)53-31-21-12-22-32-53/h8-34,36-37,47-48H,35,38-44H2,1-7H3/t48-,63+/m1/s1. The number of rotatable bonds is 19. The summed E-state index contributed by atoms with van der Waals surface area (Å²) >= 11 is 0. The predicted octanol–water partition coefficient (Wildman–Crippen LogP) is 11.1. The summed E-state index contributed by atoms with van der Waals surface area (Å²) < 4.78 is 43.1. The Labute approximate surface area is 394 Å². The molecule has 2 atom stereocenters. The first kappa shape index (κ1) is 48.3. The zero-order valence-electron chi connectivity index (χ0n) is 39.5. The van der Waals surface area contributed by atoms with Crippen LogP contribution in [0.15, 0.2) is 191 Å². The highest BCUT2D eigenvalue weighted by Crippen LogP contribution is 2.40. The third-order valence-corrected chi connectivity index (χ3v) is 24.4. The minimum absolute atomic E-state index is 0.0182. The lowest BCUT2D eigenvalue weighted by molar-refractivity contribution is 0.0410. The Hall–Kier alpha value is -4.68. The van der Waals surface area contributed by atoms with Gasteiger partial charge in [-0.3, -0.25) is 0 Å². The Morgan fingerprint density at radius 3 is 1.43 bits per heavy atom. The van der Waals surface area contributed by atoms with Crippen molar-refractivity contribution in [2.45, 2.75) is 89.3 Å². The van der Waals surface area contributed by atoms with E-state index in [-0.39, 0.29) is 21.9 Å². The van der Waals surface area contributed by atoms with E-state index in [1.807, 2.05) is 42.5 Å². The van der Waals surface area contributed by atoms with Crippen molar-refractivity contribution < 1.29 is 22.5 Å². The van der Waals surface area contributed by atoms with Gasteiger partial charge in [0.1, 0.15) is 5.76 Å². The molecule has 0 N–H and O–H groups in total. The van der Waals surface area contributed by atoms with Crippen LogP contribution in [-0.2, 0) is 35.7 Å². The summed E-state index contributed by atoms with van der Waals surface area (Å²) in [5, 5.41) is 4.62. The molecule has 0 unspecified atom stereocenters. The van der Waals surface area contributed by atoms with Crippen molar-refractivity contribution in [3.05, 3.63) is 198 Å². The van der Waals surface area contributed by atoms with Gasteiger partial charge in [-0.05, 0) is 68.3 Å². The second-order valence-electron chi connectivity index (χ2n) is 19.7. The molecule has 65 heavy (non-hydrogen) atoms. The van der Waals surface area contributed by atoms with E-state index in [2.05, 4.69) is 182 Å². The van der Waals surface area contributed by atoms with Crippen LogP contribution in [0.5, 0.6) is 0 Å². The smallest absolute Gasteiger partial charge is 0.261 e. The highest BCUT2D eigenvalue weighted by molar-refractivity contribution is 7.89. The minimum Gasteiger partial charge on any atom is -0.497 e. The van der Waals surface area contributed by atoms with Gasteiger partial charge in [-0.1, -0.05) is 211 Å². The molecule has 1 heterocycles. The number of aryl methyl sites for hydroxylation is 1. The van der Waals surface area contributed by atoms with Gasteiger partial charge in [0.05, 0.1) is 35.5 Å². The van der Waals surface area contributed by atoms with Gasteiger partial charge in [-0.25, -0.2) is 4.21 Å². The van der Waals surface area contributed by atoms with E-state index in [0.29, 0.717) is 45.9 Å². The van der Waals surface area contributed by atoms with Gasteiger partial charge in [0, 0.05) is 36.4 Å². The number of allylic oxidation sites excluding steroid dienone is 2. The lowest BCUT2D eigenvalue weighted by Gasteiger charge is -2.45.